The molecule has 0 heterocycles. The molecule has 1 unspecified atom stereocenters. The zero-order valence-electron chi connectivity index (χ0n) is 18.7. The summed E-state index contributed by atoms with van der Waals surface area (Å²) in [6, 6.07) is 23.6. The van der Waals surface area contributed by atoms with Gasteiger partial charge in [-0.15, -0.1) is 0 Å². The van der Waals surface area contributed by atoms with Crippen molar-refractivity contribution < 1.29 is 23.9 Å². The summed E-state index contributed by atoms with van der Waals surface area (Å²) in [5, 5.41) is 2.27. The molecule has 1 aliphatic carbocycles. The van der Waals surface area contributed by atoms with Crippen LogP contribution in [-0.4, -0.2) is 36.5 Å². The molecule has 0 aliphatic heterocycles. The van der Waals surface area contributed by atoms with Gasteiger partial charge < -0.3 is 15.8 Å². The minimum atomic E-state index is -1.22. The lowest BCUT2D eigenvalue weighted by Crippen LogP contribution is -2.55. The van der Waals surface area contributed by atoms with Crippen molar-refractivity contribution in [1.29, 1.82) is 0 Å². The first-order chi connectivity index (χ1) is 16.9. The molecule has 3 aromatic rings. The molecule has 3 aromatic carbocycles. The molecule has 0 saturated carbocycles. The highest BCUT2D eigenvalue weighted by Gasteiger charge is 2.29. The van der Waals surface area contributed by atoms with Crippen molar-refractivity contribution in [2.75, 3.05) is 6.61 Å². The van der Waals surface area contributed by atoms with Crippen molar-refractivity contribution in [3.63, 3.8) is 0 Å². The van der Waals surface area contributed by atoms with Crippen molar-refractivity contribution >= 4 is 23.8 Å². The maximum absolute atomic E-state index is 12.6. The van der Waals surface area contributed by atoms with Crippen LogP contribution in [-0.2, 0) is 25.5 Å². The molecule has 9 heteroatoms. The van der Waals surface area contributed by atoms with Gasteiger partial charge >= 0.3 is 17.9 Å². The summed E-state index contributed by atoms with van der Waals surface area (Å²) >= 11 is 0. The van der Waals surface area contributed by atoms with E-state index in [-0.39, 0.29) is 18.9 Å². The van der Waals surface area contributed by atoms with Gasteiger partial charge in [-0.1, -0.05) is 78.9 Å². The summed E-state index contributed by atoms with van der Waals surface area (Å²) < 4.78 is 5.38. The summed E-state index contributed by atoms with van der Waals surface area (Å²) in [5.74, 6) is -3.20. The normalized spacial score (nSPS) is 12.6. The van der Waals surface area contributed by atoms with E-state index >= 15 is 0 Å². The maximum atomic E-state index is 12.6. The highest BCUT2D eigenvalue weighted by atomic mass is 16.6. The van der Waals surface area contributed by atoms with Crippen LogP contribution < -0.4 is 21.9 Å². The Morgan fingerprint density at radius 2 is 1.37 bits per heavy atom. The fourth-order valence-electron chi connectivity index (χ4n) is 4.12. The fourth-order valence-corrected chi connectivity index (χ4v) is 4.12. The molecule has 0 bridgehead atoms. The second kappa shape index (κ2) is 10.5. The minimum Gasteiger partial charge on any atom is -0.447 e. The molecule has 4 rings (SSSR count). The number of benzene rings is 3. The fraction of sp³-hybridized carbons (Fsp3) is 0.154. The van der Waals surface area contributed by atoms with Gasteiger partial charge in [-0.3, -0.25) is 19.8 Å². The zero-order valence-corrected chi connectivity index (χ0v) is 18.7. The van der Waals surface area contributed by atoms with Gasteiger partial charge in [0.15, 0.2) is 0 Å². The number of hydrogen-bond donors (Lipinski definition) is 4. The molecule has 1 aliphatic rings. The van der Waals surface area contributed by atoms with Gasteiger partial charge in [0.2, 0.25) is 0 Å². The number of fused-ring (bicyclic) bond motifs is 3. The lowest BCUT2D eigenvalue weighted by molar-refractivity contribution is -0.139. The van der Waals surface area contributed by atoms with E-state index in [4.69, 9.17) is 10.5 Å². The number of primary amides is 1. The van der Waals surface area contributed by atoms with Crippen molar-refractivity contribution in [3.05, 3.63) is 95.6 Å². The first-order valence-electron chi connectivity index (χ1n) is 11.0. The third-order valence-electron chi connectivity index (χ3n) is 5.76. The van der Waals surface area contributed by atoms with Gasteiger partial charge in [0, 0.05) is 12.3 Å². The lowest BCUT2D eigenvalue weighted by Gasteiger charge is -2.19. The van der Waals surface area contributed by atoms with Crippen LogP contribution in [0, 0.1) is 0 Å². The van der Waals surface area contributed by atoms with Crippen LogP contribution in [0.4, 0.5) is 4.79 Å². The van der Waals surface area contributed by atoms with E-state index in [2.05, 4.69) is 16.2 Å². The molecule has 0 spiro atoms. The number of carbonyl (C=O) groups is 4. The zero-order chi connectivity index (χ0) is 24.8. The predicted octanol–water partition coefficient (Wildman–Crippen LogP) is 1.77. The molecule has 0 radical (unpaired) electrons. The molecular weight excluding hydrogens is 448 g/mol. The molecule has 1 atom stereocenters. The topological polar surface area (TPSA) is 140 Å². The summed E-state index contributed by atoms with van der Waals surface area (Å²) in [5.41, 5.74) is 14.5. The highest BCUT2D eigenvalue weighted by molar-refractivity contribution is 6.34. The average Bonchev–Trinajstić information content (AvgIpc) is 3.19. The number of nitrogens with one attached hydrogen (secondary N) is 3. The van der Waals surface area contributed by atoms with Crippen molar-refractivity contribution in [2.24, 2.45) is 5.73 Å². The molecule has 4 amide bonds. The third kappa shape index (κ3) is 5.47. The van der Waals surface area contributed by atoms with E-state index < -0.39 is 29.9 Å². The number of amides is 4. The van der Waals surface area contributed by atoms with E-state index in [0.717, 1.165) is 27.8 Å². The number of ether oxygens (including phenoxy) is 1. The Morgan fingerprint density at radius 3 is 1.97 bits per heavy atom. The lowest BCUT2D eigenvalue weighted by atomic mass is 9.98. The summed E-state index contributed by atoms with van der Waals surface area (Å²) in [7, 11) is 0. The van der Waals surface area contributed by atoms with E-state index in [1.807, 2.05) is 48.5 Å². The van der Waals surface area contributed by atoms with Crippen LogP contribution in [0.3, 0.4) is 0 Å². The van der Waals surface area contributed by atoms with Gasteiger partial charge in [0.05, 0.1) is 0 Å². The van der Waals surface area contributed by atoms with Gasteiger partial charge in [-0.05, 0) is 27.8 Å². The molecule has 5 N–H and O–H groups in total. The number of rotatable bonds is 6. The largest absolute Gasteiger partial charge is 0.447 e. The Hall–Kier alpha value is -4.66. The van der Waals surface area contributed by atoms with E-state index in [9.17, 15) is 19.2 Å². The molecule has 0 aromatic heterocycles. The molecule has 9 nitrogen and oxygen atoms in total. The summed E-state index contributed by atoms with van der Waals surface area (Å²) in [4.78, 5) is 47.9. The molecular formula is C26H24N4O5. The Bertz CT molecular complexity index is 1220. The van der Waals surface area contributed by atoms with Crippen LogP contribution in [0.5, 0.6) is 0 Å². The summed E-state index contributed by atoms with van der Waals surface area (Å²) in [6.07, 6.45) is -0.780. The SMILES string of the molecule is NC(=O)C(=O)NC(Cc1ccccc1)C(=O)NNC(=O)OCC1c2ccccc2-c2ccccc21. The molecule has 35 heavy (non-hydrogen) atoms. The van der Waals surface area contributed by atoms with Gasteiger partial charge in [0.1, 0.15) is 12.6 Å². The van der Waals surface area contributed by atoms with Crippen LogP contribution >= 0.6 is 0 Å². The van der Waals surface area contributed by atoms with Crippen LogP contribution in [0.1, 0.15) is 22.6 Å². The number of carbonyl (C=O) groups excluding carboxylic acids is 4. The second-order valence-electron chi connectivity index (χ2n) is 8.02. The van der Waals surface area contributed by atoms with Gasteiger partial charge in [-0.2, -0.15) is 0 Å². The van der Waals surface area contributed by atoms with Crippen LogP contribution in [0.2, 0.25) is 0 Å². The Labute approximate surface area is 201 Å². The quantitative estimate of drug-likeness (QED) is 0.320. The molecule has 0 saturated heterocycles. The molecule has 178 valence electrons. The van der Waals surface area contributed by atoms with Gasteiger partial charge in [0.25, 0.3) is 5.91 Å². The van der Waals surface area contributed by atoms with Crippen molar-refractivity contribution in [1.82, 2.24) is 16.2 Å². The third-order valence-corrected chi connectivity index (χ3v) is 5.76. The van der Waals surface area contributed by atoms with Crippen molar-refractivity contribution in [3.8, 4) is 11.1 Å². The maximum Gasteiger partial charge on any atom is 0.426 e. The predicted molar refractivity (Wildman–Crippen MR) is 128 cm³/mol. The summed E-state index contributed by atoms with van der Waals surface area (Å²) in [6.45, 7) is 0.0710. The standard InChI is InChI=1S/C26H24N4O5/c27-23(31)25(33)28-22(14-16-8-2-1-3-9-16)24(32)29-30-26(34)35-15-21-19-12-6-4-10-17(19)18-11-5-7-13-20(18)21/h1-13,21-22H,14-15H2,(H2,27,31)(H,28,33)(H,29,32)(H,30,34). The van der Waals surface area contributed by atoms with E-state index in [1.165, 1.54) is 0 Å². The van der Waals surface area contributed by atoms with Gasteiger partial charge in [-0.25, -0.2) is 10.2 Å². The van der Waals surface area contributed by atoms with E-state index in [0.29, 0.717) is 0 Å². The van der Waals surface area contributed by atoms with Crippen molar-refractivity contribution in [2.45, 2.75) is 18.4 Å². The van der Waals surface area contributed by atoms with Crippen LogP contribution in [0.15, 0.2) is 78.9 Å². The Kier molecular flexibility index (Phi) is 7.06. The first-order valence-corrected chi connectivity index (χ1v) is 11.0. The average molecular weight is 473 g/mol. The Morgan fingerprint density at radius 1 is 0.800 bits per heavy atom. The number of hydrazine groups is 1. The molecule has 0 fully saturated rings. The van der Waals surface area contributed by atoms with Crippen LogP contribution in [0.25, 0.3) is 11.1 Å². The monoisotopic (exact) mass is 472 g/mol. The second-order valence-corrected chi connectivity index (χ2v) is 8.02. The van der Waals surface area contributed by atoms with E-state index in [1.54, 1.807) is 30.3 Å². The first kappa shape index (κ1) is 23.5. The highest BCUT2D eigenvalue weighted by Crippen LogP contribution is 2.44. The number of hydrogen-bond acceptors (Lipinski definition) is 5. The minimum absolute atomic E-state index is 0.0710. The smallest absolute Gasteiger partial charge is 0.426 e. The number of nitrogens with two attached hydrogens (primary N) is 1. The Balaban J connectivity index is 1.36.